The standard InChI is InChI=1S/C21H21FN4O3S/c22-14-5-6-16-18(11-14)30-21(24-16)25-19(28)12-26-9-7-13(8-10-26)20(29)23-15-3-1-2-4-17(15)27/h1-6,11,13,27H,7-10,12H2,(H,23,29)(H,24,25,28). The average Bonchev–Trinajstić information content (AvgIpc) is 3.11. The molecule has 1 aliphatic heterocycles. The molecule has 2 heterocycles. The highest BCUT2D eigenvalue weighted by atomic mass is 32.1. The molecule has 3 N–H and O–H groups in total. The highest BCUT2D eigenvalue weighted by molar-refractivity contribution is 7.22. The van der Waals surface area contributed by atoms with Crippen LogP contribution in [0.15, 0.2) is 42.5 Å². The lowest BCUT2D eigenvalue weighted by atomic mass is 9.95. The molecule has 1 aromatic heterocycles. The van der Waals surface area contributed by atoms with Gasteiger partial charge >= 0.3 is 0 Å². The van der Waals surface area contributed by atoms with Crippen molar-refractivity contribution in [2.45, 2.75) is 12.8 Å². The first-order valence-electron chi connectivity index (χ1n) is 9.65. The minimum Gasteiger partial charge on any atom is -0.506 e. The van der Waals surface area contributed by atoms with E-state index in [4.69, 9.17) is 0 Å². The molecule has 0 bridgehead atoms. The van der Waals surface area contributed by atoms with Gasteiger partial charge in [0, 0.05) is 5.92 Å². The Bertz CT molecular complexity index is 1080. The molecule has 0 aliphatic carbocycles. The fraction of sp³-hybridized carbons (Fsp3) is 0.286. The number of phenolic OH excluding ortho intramolecular Hbond substituents is 1. The van der Waals surface area contributed by atoms with Crippen LogP contribution in [0.5, 0.6) is 5.75 Å². The number of thiazole rings is 1. The van der Waals surface area contributed by atoms with Crippen LogP contribution >= 0.6 is 11.3 Å². The van der Waals surface area contributed by atoms with Gasteiger partial charge in [0.15, 0.2) is 5.13 Å². The van der Waals surface area contributed by atoms with Gasteiger partial charge in [-0.25, -0.2) is 9.37 Å². The van der Waals surface area contributed by atoms with Crippen molar-refractivity contribution in [1.82, 2.24) is 9.88 Å². The van der Waals surface area contributed by atoms with Gasteiger partial charge in [-0.2, -0.15) is 0 Å². The van der Waals surface area contributed by atoms with Crippen molar-refractivity contribution in [2.75, 3.05) is 30.3 Å². The topological polar surface area (TPSA) is 94.6 Å². The van der Waals surface area contributed by atoms with Crippen molar-refractivity contribution in [3.05, 3.63) is 48.3 Å². The minimum atomic E-state index is -0.335. The summed E-state index contributed by atoms with van der Waals surface area (Å²) >= 11 is 1.23. The monoisotopic (exact) mass is 428 g/mol. The number of nitrogens with zero attached hydrogens (tertiary/aromatic N) is 2. The molecule has 1 aliphatic rings. The number of piperidine rings is 1. The van der Waals surface area contributed by atoms with Crippen LogP contribution in [-0.2, 0) is 9.59 Å². The number of carbonyl (C=O) groups is 2. The first-order valence-corrected chi connectivity index (χ1v) is 10.5. The maximum Gasteiger partial charge on any atom is 0.240 e. The van der Waals surface area contributed by atoms with E-state index in [-0.39, 0.29) is 35.8 Å². The van der Waals surface area contributed by atoms with E-state index >= 15 is 0 Å². The maximum absolute atomic E-state index is 13.3. The molecule has 4 rings (SSSR count). The fourth-order valence-corrected chi connectivity index (χ4v) is 4.39. The van der Waals surface area contributed by atoms with Gasteiger partial charge in [-0.15, -0.1) is 0 Å². The predicted molar refractivity (Wildman–Crippen MR) is 114 cm³/mol. The number of amides is 2. The summed E-state index contributed by atoms with van der Waals surface area (Å²) < 4.78 is 14.0. The number of hydrogen-bond donors (Lipinski definition) is 3. The zero-order valence-corrected chi connectivity index (χ0v) is 16.9. The van der Waals surface area contributed by atoms with Crippen LogP contribution in [0, 0.1) is 11.7 Å². The van der Waals surface area contributed by atoms with Crippen LogP contribution in [0.4, 0.5) is 15.2 Å². The number of halogens is 1. The highest BCUT2D eigenvalue weighted by Crippen LogP contribution is 2.27. The number of anilines is 2. The maximum atomic E-state index is 13.3. The Morgan fingerprint density at radius 1 is 1.17 bits per heavy atom. The summed E-state index contributed by atoms with van der Waals surface area (Å²) in [6.07, 6.45) is 1.26. The van der Waals surface area contributed by atoms with Gasteiger partial charge in [0.25, 0.3) is 0 Å². The molecule has 30 heavy (non-hydrogen) atoms. The Kier molecular flexibility index (Phi) is 5.91. The normalized spacial score (nSPS) is 15.2. The summed E-state index contributed by atoms with van der Waals surface area (Å²) in [6.45, 7) is 1.45. The molecule has 7 nitrogen and oxygen atoms in total. The lowest BCUT2D eigenvalue weighted by molar-refractivity contribution is -0.121. The summed E-state index contributed by atoms with van der Waals surface area (Å²) in [5.41, 5.74) is 1.05. The number of nitrogens with one attached hydrogen (secondary N) is 2. The molecule has 0 spiro atoms. The predicted octanol–water partition coefficient (Wildman–Crippen LogP) is 3.43. The number of rotatable bonds is 5. The van der Waals surface area contributed by atoms with Gasteiger partial charge in [-0.3, -0.25) is 14.5 Å². The van der Waals surface area contributed by atoms with Crippen molar-refractivity contribution in [1.29, 1.82) is 0 Å². The largest absolute Gasteiger partial charge is 0.506 e. The molecule has 0 atom stereocenters. The van der Waals surface area contributed by atoms with E-state index in [0.717, 1.165) is 0 Å². The van der Waals surface area contributed by atoms with E-state index in [9.17, 15) is 19.1 Å². The Morgan fingerprint density at radius 2 is 1.93 bits per heavy atom. The van der Waals surface area contributed by atoms with Gasteiger partial charge in [-0.1, -0.05) is 23.5 Å². The van der Waals surface area contributed by atoms with Crippen molar-refractivity contribution in [2.24, 2.45) is 5.92 Å². The van der Waals surface area contributed by atoms with Gasteiger partial charge < -0.3 is 15.7 Å². The number of benzene rings is 2. The Labute approximate surface area is 176 Å². The molecule has 156 valence electrons. The zero-order valence-electron chi connectivity index (χ0n) is 16.1. The second-order valence-electron chi connectivity index (χ2n) is 7.24. The van der Waals surface area contributed by atoms with Crippen LogP contribution in [-0.4, -0.2) is 46.4 Å². The second kappa shape index (κ2) is 8.76. The highest BCUT2D eigenvalue weighted by Gasteiger charge is 2.26. The first kappa shape index (κ1) is 20.2. The second-order valence-corrected chi connectivity index (χ2v) is 8.27. The Hall–Kier alpha value is -3.04. The molecule has 9 heteroatoms. The summed E-state index contributed by atoms with van der Waals surface area (Å²) in [5, 5.41) is 15.8. The van der Waals surface area contributed by atoms with Crippen LogP contribution in [0.2, 0.25) is 0 Å². The summed E-state index contributed by atoms with van der Waals surface area (Å²) in [6, 6.07) is 10.9. The van der Waals surface area contributed by atoms with Gasteiger partial charge in [0.05, 0.1) is 22.4 Å². The first-order chi connectivity index (χ1) is 14.5. The molecule has 2 amide bonds. The summed E-state index contributed by atoms with van der Waals surface area (Å²) in [4.78, 5) is 31.1. The SMILES string of the molecule is O=C(CN1CCC(C(=O)Nc2ccccc2O)CC1)Nc1nc2ccc(F)cc2s1. The lowest BCUT2D eigenvalue weighted by Crippen LogP contribution is -2.41. The number of fused-ring (bicyclic) bond motifs is 1. The molecule has 2 aromatic carbocycles. The van der Waals surface area contributed by atoms with Crippen LogP contribution < -0.4 is 10.6 Å². The average molecular weight is 428 g/mol. The third-order valence-corrected chi connectivity index (χ3v) is 6.02. The van der Waals surface area contributed by atoms with E-state index < -0.39 is 0 Å². The molecule has 0 radical (unpaired) electrons. The number of aromatic nitrogens is 1. The van der Waals surface area contributed by atoms with E-state index in [1.807, 2.05) is 4.90 Å². The fourth-order valence-electron chi connectivity index (χ4n) is 3.48. The summed E-state index contributed by atoms with van der Waals surface area (Å²) in [7, 11) is 0. The molecule has 1 fully saturated rings. The lowest BCUT2D eigenvalue weighted by Gasteiger charge is -2.30. The van der Waals surface area contributed by atoms with E-state index in [0.29, 0.717) is 47.0 Å². The molecule has 3 aromatic rings. The third-order valence-electron chi connectivity index (χ3n) is 5.08. The van der Waals surface area contributed by atoms with Gasteiger partial charge in [0.2, 0.25) is 11.8 Å². The quantitative estimate of drug-likeness (QED) is 0.542. The molecular formula is C21H21FN4O3S. The van der Waals surface area contributed by atoms with Crippen LogP contribution in [0.25, 0.3) is 10.2 Å². The van der Waals surface area contributed by atoms with E-state index in [1.165, 1.54) is 29.5 Å². The third kappa shape index (κ3) is 4.74. The molecular weight excluding hydrogens is 407 g/mol. The van der Waals surface area contributed by atoms with E-state index in [2.05, 4.69) is 15.6 Å². The number of para-hydroxylation sites is 2. The van der Waals surface area contributed by atoms with Crippen molar-refractivity contribution >= 4 is 44.2 Å². The molecule has 1 saturated heterocycles. The summed E-state index contributed by atoms with van der Waals surface area (Å²) in [5.74, 6) is -0.770. The number of carbonyl (C=O) groups excluding carboxylic acids is 2. The number of aromatic hydroxyl groups is 1. The number of hydrogen-bond acceptors (Lipinski definition) is 6. The Balaban J connectivity index is 1.26. The smallest absolute Gasteiger partial charge is 0.240 e. The number of likely N-dealkylation sites (tertiary alicyclic amines) is 1. The van der Waals surface area contributed by atoms with Crippen LogP contribution in [0.3, 0.4) is 0 Å². The molecule has 0 saturated carbocycles. The van der Waals surface area contributed by atoms with Crippen LogP contribution in [0.1, 0.15) is 12.8 Å². The van der Waals surface area contributed by atoms with Crippen molar-refractivity contribution < 1.29 is 19.1 Å². The zero-order chi connectivity index (χ0) is 21.1. The van der Waals surface area contributed by atoms with Gasteiger partial charge in [-0.05, 0) is 56.3 Å². The minimum absolute atomic E-state index is 0.0394. The van der Waals surface area contributed by atoms with Crippen molar-refractivity contribution in [3.63, 3.8) is 0 Å². The van der Waals surface area contributed by atoms with Crippen molar-refractivity contribution in [3.8, 4) is 5.75 Å². The Morgan fingerprint density at radius 3 is 2.70 bits per heavy atom. The van der Waals surface area contributed by atoms with Gasteiger partial charge in [0.1, 0.15) is 11.6 Å². The molecule has 0 unspecified atom stereocenters. The number of phenols is 1. The van der Waals surface area contributed by atoms with E-state index in [1.54, 1.807) is 24.3 Å².